The van der Waals surface area contributed by atoms with E-state index in [2.05, 4.69) is 38.3 Å². The summed E-state index contributed by atoms with van der Waals surface area (Å²) in [5.41, 5.74) is 1.09. The minimum atomic E-state index is 0.201. The van der Waals surface area contributed by atoms with Gasteiger partial charge in [-0.15, -0.1) is 0 Å². The van der Waals surface area contributed by atoms with Crippen LogP contribution in [0.5, 0.6) is 5.75 Å². The third-order valence-corrected chi connectivity index (χ3v) is 3.29. The molecular formula is C13H16BrN3O2. The standard InChI is InChI=1S/C13H16BrN3O2/c1-8(15-3)11-5-4-10(14)6-12(11)18-7-13-16-9(2)17-19-13/h4-6,8,15H,7H2,1-3H3. The summed E-state index contributed by atoms with van der Waals surface area (Å²) in [6.07, 6.45) is 0. The van der Waals surface area contributed by atoms with Crippen molar-refractivity contribution in [2.75, 3.05) is 7.05 Å². The zero-order valence-corrected chi connectivity index (χ0v) is 12.7. The minimum Gasteiger partial charge on any atom is -0.483 e. The maximum Gasteiger partial charge on any atom is 0.264 e. The number of nitrogens with one attached hydrogen (secondary N) is 1. The smallest absolute Gasteiger partial charge is 0.264 e. The predicted molar refractivity (Wildman–Crippen MR) is 75.0 cm³/mol. The van der Waals surface area contributed by atoms with Gasteiger partial charge in [-0.25, -0.2) is 0 Å². The van der Waals surface area contributed by atoms with E-state index >= 15 is 0 Å². The highest BCUT2D eigenvalue weighted by molar-refractivity contribution is 9.10. The molecule has 0 aliphatic carbocycles. The van der Waals surface area contributed by atoms with Crippen LogP contribution in [0.2, 0.25) is 0 Å². The molecule has 0 aliphatic rings. The highest BCUT2D eigenvalue weighted by atomic mass is 79.9. The van der Waals surface area contributed by atoms with Gasteiger partial charge in [0.15, 0.2) is 12.4 Å². The van der Waals surface area contributed by atoms with Crippen LogP contribution >= 0.6 is 15.9 Å². The maximum atomic E-state index is 5.77. The molecule has 1 aromatic heterocycles. The predicted octanol–water partition coefficient (Wildman–Crippen LogP) is 3.00. The van der Waals surface area contributed by atoms with Crippen molar-refractivity contribution < 1.29 is 9.26 Å². The van der Waals surface area contributed by atoms with Gasteiger partial charge in [0.25, 0.3) is 5.89 Å². The molecule has 1 unspecified atom stereocenters. The molecule has 0 radical (unpaired) electrons. The molecule has 1 atom stereocenters. The van der Waals surface area contributed by atoms with Crippen molar-refractivity contribution in [1.82, 2.24) is 15.5 Å². The van der Waals surface area contributed by atoms with E-state index in [-0.39, 0.29) is 12.6 Å². The van der Waals surface area contributed by atoms with Gasteiger partial charge in [0.2, 0.25) is 0 Å². The fourth-order valence-corrected chi connectivity index (χ4v) is 2.02. The molecule has 0 amide bonds. The number of hydrogen-bond acceptors (Lipinski definition) is 5. The molecule has 19 heavy (non-hydrogen) atoms. The maximum absolute atomic E-state index is 5.77. The van der Waals surface area contributed by atoms with Gasteiger partial charge in [0, 0.05) is 16.1 Å². The van der Waals surface area contributed by atoms with Gasteiger partial charge in [0.05, 0.1) is 0 Å². The van der Waals surface area contributed by atoms with E-state index in [0.29, 0.717) is 11.7 Å². The molecule has 0 saturated carbocycles. The van der Waals surface area contributed by atoms with Crippen LogP contribution in [0.15, 0.2) is 27.2 Å². The lowest BCUT2D eigenvalue weighted by Crippen LogP contribution is -2.13. The van der Waals surface area contributed by atoms with Crippen LogP contribution in [0, 0.1) is 6.92 Å². The number of aromatic nitrogens is 2. The Bertz CT molecular complexity index is 557. The Kier molecular flexibility index (Phi) is 4.55. The molecule has 1 heterocycles. The number of aryl methyl sites for hydroxylation is 1. The molecule has 2 aromatic rings. The lowest BCUT2D eigenvalue weighted by molar-refractivity contribution is 0.239. The summed E-state index contributed by atoms with van der Waals surface area (Å²) in [6.45, 7) is 4.12. The monoisotopic (exact) mass is 325 g/mol. The zero-order chi connectivity index (χ0) is 13.8. The van der Waals surface area contributed by atoms with Gasteiger partial charge in [0.1, 0.15) is 5.75 Å². The summed E-state index contributed by atoms with van der Waals surface area (Å²) < 4.78 is 11.8. The van der Waals surface area contributed by atoms with Crippen molar-refractivity contribution in [2.24, 2.45) is 0 Å². The van der Waals surface area contributed by atoms with Crippen LogP contribution in [0.25, 0.3) is 0 Å². The normalized spacial score (nSPS) is 12.4. The molecule has 2 rings (SSSR count). The van der Waals surface area contributed by atoms with Crippen LogP contribution in [0.1, 0.15) is 30.2 Å². The molecule has 0 spiro atoms. The van der Waals surface area contributed by atoms with Crippen LogP contribution in [0.3, 0.4) is 0 Å². The Morgan fingerprint density at radius 1 is 1.47 bits per heavy atom. The molecule has 5 nitrogen and oxygen atoms in total. The SMILES string of the molecule is CNC(C)c1ccc(Br)cc1OCc1nc(C)no1. The third kappa shape index (κ3) is 3.54. The Balaban J connectivity index is 2.16. The Morgan fingerprint density at radius 3 is 2.89 bits per heavy atom. The van der Waals surface area contributed by atoms with Crippen molar-refractivity contribution in [3.63, 3.8) is 0 Å². The Morgan fingerprint density at radius 2 is 2.26 bits per heavy atom. The average Bonchev–Trinajstić information content (AvgIpc) is 2.81. The van der Waals surface area contributed by atoms with Gasteiger partial charge >= 0.3 is 0 Å². The zero-order valence-electron chi connectivity index (χ0n) is 11.1. The number of rotatable bonds is 5. The van der Waals surface area contributed by atoms with Crippen molar-refractivity contribution in [2.45, 2.75) is 26.5 Å². The summed E-state index contributed by atoms with van der Waals surface area (Å²) >= 11 is 3.45. The van der Waals surface area contributed by atoms with Crippen molar-refractivity contribution in [3.05, 3.63) is 40.0 Å². The van der Waals surface area contributed by atoms with Gasteiger partial charge in [-0.1, -0.05) is 27.2 Å². The molecule has 0 aliphatic heterocycles. The second kappa shape index (κ2) is 6.16. The highest BCUT2D eigenvalue weighted by Crippen LogP contribution is 2.29. The van der Waals surface area contributed by atoms with E-state index in [0.717, 1.165) is 15.8 Å². The lowest BCUT2D eigenvalue weighted by Gasteiger charge is -2.16. The molecule has 0 bridgehead atoms. The van der Waals surface area contributed by atoms with Gasteiger partial charge in [-0.05, 0) is 33.0 Å². The van der Waals surface area contributed by atoms with Crippen molar-refractivity contribution >= 4 is 15.9 Å². The van der Waals surface area contributed by atoms with Crippen LogP contribution in [-0.4, -0.2) is 17.2 Å². The largest absolute Gasteiger partial charge is 0.483 e. The second-order valence-corrected chi connectivity index (χ2v) is 5.13. The van der Waals surface area contributed by atoms with E-state index in [9.17, 15) is 0 Å². The van der Waals surface area contributed by atoms with E-state index in [1.165, 1.54) is 0 Å². The molecule has 1 aromatic carbocycles. The molecular weight excluding hydrogens is 310 g/mol. The van der Waals surface area contributed by atoms with Crippen molar-refractivity contribution in [3.8, 4) is 5.75 Å². The summed E-state index contributed by atoms with van der Waals surface area (Å²) in [5, 5.41) is 6.93. The van der Waals surface area contributed by atoms with Gasteiger partial charge in [-0.2, -0.15) is 4.98 Å². The first-order chi connectivity index (χ1) is 9.10. The average molecular weight is 326 g/mol. The third-order valence-electron chi connectivity index (χ3n) is 2.80. The fraction of sp³-hybridized carbons (Fsp3) is 0.385. The number of benzene rings is 1. The lowest BCUT2D eigenvalue weighted by atomic mass is 10.1. The van der Waals surface area contributed by atoms with Crippen LogP contribution in [-0.2, 0) is 6.61 Å². The van der Waals surface area contributed by atoms with Crippen LogP contribution in [0.4, 0.5) is 0 Å². The van der Waals surface area contributed by atoms with Gasteiger partial charge in [-0.3, -0.25) is 0 Å². The van der Waals surface area contributed by atoms with E-state index in [1.807, 2.05) is 25.2 Å². The van der Waals surface area contributed by atoms with Crippen LogP contribution < -0.4 is 10.1 Å². The Labute approximate surface area is 120 Å². The highest BCUT2D eigenvalue weighted by Gasteiger charge is 2.12. The summed E-state index contributed by atoms with van der Waals surface area (Å²) in [6, 6.07) is 6.16. The quantitative estimate of drug-likeness (QED) is 0.915. The fourth-order valence-electron chi connectivity index (χ4n) is 1.68. The van der Waals surface area contributed by atoms with E-state index < -0.39 is 0 Å². The summed E-state index contributed by atoms with van der Waals surface area (Å²) in [7, 11) is 1.91. The van der Waals surface area contributed by atoms with E-state index in [1.54, 1.807) is 6.92 Å². The summed E-state index contributed by atoms with van der Waals surface area (Å²) in [5.74, 6) is 1.88. The molecule has 1 N–H and O–H groups in total. The number of hydrogen-bond donors (Lipinski definition) is 1. The van der Waals surface area contributed by atoms with E-state index in [4.69, 9.17) is 9.26 Å². The molecule has 102 valence electrons. The Hall–Kier alpha value is -1.40. The topological polar surface area (TPSA) is 60.2 Å². The first-order valence-electron chi connectivity index (χ1n) is 5.99. The van der Waals surface area contributed by atoms with Crippen molar-refractivity contribution in [1.29, 1.82) is 0 Å². The number of halogens is 1. The number of nitrogens with zero attached hydrogens (tertiary/aromatic N) is 2. The molecule has 6 heteroatoms. The summed E-state index contributed by atoms with van der Waals surface area (Å²) in [4.78, 5) is 4.11. The number of ether oxygens (including phenoxy) is 1. The first-order valence-corrected chi connectivity index (χ1v) is 6.78. The first kappa shape index (κ1) is 14.0. The van der Waals surface area contributed by atoms with Gasteiger partial charge < -0.3 is 14.6 Å². The molecule has 0 saturated heterocycles. The second-order valence-electron chi connectivity index (χ2n) is 4.22. The minimum absolute atomic E-state index is 0.201. The molecule has 0 fully saturated rings.